The lowest BCUT2D eigenvalue weighted by molar-refractivity contribution is -0.115. The van der Waals surface area contributed by atoms with Crippen LogP contribution < -0.4 is 10.1 Å². The molecular weight excluding hydrogens is 616 g/mol. The van der Waals surface area contributed by atoms with Crippen molar-refractivity contribution >= 4 is 51.9 Å². The van der Waals surface area contributed by atoms with Crippen molar-refractivity contribution in [2.45, 2.75) is 110 Å². The second kappa shape index (κ2) is 22.0. The molecule has 0 atom stereocenters. The van der Waals surface area contributed by atoms with Crippen molar-refractivity contribution in [3.05, 3.63) is 70.2 Å². The number of anilines is 1. The van der Waals surface area contributed by atoms with Crippen molar-refractivity contribution in [3.8, 4) is 5.75 Å². The van der Waals surface area contributed by atoms with Crippen molar-refractivity contribution < 1.29 is 9.53 Å². The van der Waals surface area contributed by atoms with Gasteiger partial charge in [-0.25, -0.2) is 0 Å². The van der Waals surface area contributed by atoms with Gasteiger partial charge in [-0.15, -0.1) is 28.7 Å². The number of carbonyl (C=O) groups excluding carboxylic acids is 1. The molecule has 0 radical (unpaired) electrons. The van der Waals surface area contributed by atoms with E-state index in [1.165, 1.54) is 89.0 Å². The van der Waals surface area contributed by atoms with Crippen LogP contribution in [0.2, 0.25) is 5.02 Å². The van der Waals surface area contributed by atoms with Crippen LogP contribution in [0.25, 0.3) is 0 Å². The molecule has 0 unspecified atom stereocenters. The average Bonchev–Trinajstić information content (AvgIpc) is 3.46. The summed E-state index contributed by atoms with van der Waals surface area (Å²) in [4.78, 5) is 14.8. The first kappa shape index (κ1) is 35.6. The minimum atomic E-state index is -0.0791. The third kappa shape index (κ3) is 15.4. The molecule has 1 heterocycles. The maximum absolute atomic E-state index is 12.6. The van der Waals surface area contributed by atoms with E-state index in [1.54, 1.807) is 11.8 Å². The molecule has 7 heteroatoms. The summed E-state index contributed by atoms with van der Waals surface area (Å²) in [7, 11) is 0. The topological polar surface area (TPSA) is 41.6 Å². The van der Waals surface area contributed by atoms with E-state index < -0.39 is 0 Å². The smallest absolute Gasteiger partial charge is 0.228 e. The van der Waals surface area contributed by atoms with Gasteiger partial charge in [-0.3, -0.25) is 4.79 Å². The number of nitrogens with zero attached hydrogens (tertiary/aromatic N) is 1. The second-order valence-electron chi connectivity index (χ2n) is 10.9. The first-order chi connectivity index (χ1) is 19.6. The van der Waals surface area contributed by atoms with Gasteiger partial charge >= 0.3 is 0 Å². The minimum Gasteiger partial charge on any atom is -0.494 e. The maximum Gasteiger partial charge on any atom is 0.228 e. The lowest BCUT2D eigenvalue weighted by Crippen LogP contribution is -2.15. The molecule has 228 valence electrons. The van der Waals surface area contributed by atoms with E-state index in [0.29, 0.717) is 11.6 Å². The molecule has 2 aromatic carbocycles. The molecule has 0 saturated carbocycles. The van der Waals surface area contributed by atoms with Crippen LogP contribution in [0, 0.1) is 0 Å². The Hall–Kier alpha value is -1.63. The number of halogens is 2. The number of hydrogen-bond donors (Lipinski definition) is 1. The van der Waals surface area contributed by atoms with Crippen LogP contribution in [0.3, 0.4) is 0 Å². The van der Waals surface area contributed by atoms with Crippen LogP contribution >= 0.6 is 40.3 Å². The predicted molar refractivity (Wildman–Crippen MR) is 183 cm³/mol. The molecular formula is C34H50BrClN2O2S. The number of hydrogen-bond acceptors (Lipinski definition) is 4. The van der Waals surface area contributed by atoms with Crippen molar-refractivity contribution in [1.82, 2.24) is 4.90 Å². The number of ether oxygens (including phenoxy) is 1. The molecule has 0 aliphatic carbocycles. The fourth-order valence-corrected chi connectivity index (χ4v) is 5.91. The number of benzene rings is 2. The zero-order valence-electron chi connectivity index (χ0n) is 24.9. The number of carbonyl (C=O) groups is 1. The van der Waals surface area contributed by atoms with Crippen LogP contribution in [-0.2, 0) is 17.8 Å². The van der Waals surface area contributed by atoms with Gasteiger partial charge in [-0.05, 0) is 47.2 Å². The summed E-state index contributed by atoms with van der Waals surface area (Å²) in [6.45, 7) is 3.86. The number of rotatable bonds is 21. The summed E-state index contributed by atoms with van der Waals surface area (Å²) in [5, 5.41) is 5.66. The van der Waals surface area contributed by atoms with E-state index in [9.17, 15) is 4.79 Å². The van der Waals surface area contributed by atoms with E-state index in [2.05, 4.69) is 40.9 Å². The fourth-order valence-electron chi connectivity index (χ4n) is 4.96. The van der Waals surface area contributed by atoms with Crippen LogP contribution in [0.1, 0.15) is 108 Å². The van der Waals surface area contributed by atoms with E-state index in [4.69, 9.17) is 16.3 Å². The van der Waals surface area contributed by atoms with Gasteiger partial charge in [0, 0.05) is 23.5 Å². The van der Waals surface area contributed by atoms with Crippen molar-refractivity contribution in [2.75, 3.05) is 17.8 Å². The third-order valence-corrected chi connectivity index (χ3v) is 8.52. The Morgan fingerprint density at radius 1 is 0.878 bits per heavy atom. The minimum absolute atomic E-state index is 0. The Morgan fingerprint density at radius 3 is 2.05 bits per heavy atom. The van der Waals surface area contributed by atoms with E-state index in [1.807, 2.05) is 30.3 Å². The molecule has 0 saturated heterocycles. The van der Waals surface area contributed by atoms with Crippen molar-refractivity contribution in [2.24, 2.45) is 0 Å². The zero-order valence-corrected chi connectivity index (χ0v) is 28.2. The van der Waals surface area contributed by atoms with Crippen LogP contribution in [0.4, 0.5) is 5.69 Å². The van der Waals surface area contributed by atoms with Crippen LogP contribution in [0.5, 0.6) is 5.75 Å². The van der Waals surface area contributed by atoms with Gasteiger partial charge in [-0.2, -0.15) is 0 Å². The molecule has 0 aromatic heterocycles. The molecule has 1 aliphatic heterocycles. The first-order valence-corrected chi connectivity index (χ1v) is 16.9. The monoisotopic (exact) mass is 664 g/mol. The number of thioether (sulfide) groups is 1. The van der Waals surface area contributed by atoms with Gasteiger partial charge in [0.15, 0.2) is 0 Å². The molecule has 0 spiro atoms. The summed E-state index contributed by atoms with van der Waals surface area (Å²) in [5.41, 5.74) is 2.82. The van der Waals surface area contributed by atoms with Crippen molar-refractivity contribution in [3.63, 3.8) is 0 Å². The molecule has 0 fully saturated rings. The van der Waals surface area contributed by atoms with Gasteiger partial charge in [0.2, 0.25) is 5.91 Å². The normalized spacial score (nSPS) is 12.4. The third-order valence-electron chi connectivity index (χ3n) is 7.37. The SMILES string of the molecule is Br.CCCCCCCCCCCCCCCCOc1ccc(CC(=O)Nc2ccc(CN3C=CSC3)cc2)c(Cl)c1. The van der Waals surface area contributed by atoms with E-state index >= 15 is 0 Å². The molecule has 1 amide bonds. The van der Waals surface area contributed by atoms with Crippen LogP contribution in [-0.4, -0.2) is 23.3 Å². The summed E-state index contributed by atoms with van der Waals surface area (Å²) in [6, 6.07) is 13.7. The van der Waals surface area contributed by atoms with Gasteiger partial charge in [0.05, 0.1) is 18.9 Å². The van der Waals surface area contributed by atoms with Gasteiger partial charge in [0.25, 0.3) is 0 Å². The highest BCUT2D eigenvalue weighted by atomic mass is 79.9. The highest BCUT2D eigenvalue weighted by Gasteiger charge is 2.10. The zero-order chi connectivity index (χ0) is 28.3. The Kier molecular flexibility index (Phi) is 19.1. The quantitative estimate of drug-likeness (QED) is 0.135. The summed E-state index contributed by atoms with van der Waals surface area (Å²) < 4.78 is 5.91. The number of unbranched alkanes of at least 4 members (excludes halogenated alkanes) is 13. The number of nitrogens with one attached hydrogen (secondary N) is 1. The van der Waals surface area contributed by atoms with E-state index in [0.717, 1.165) is 35.8 Å². The lowest BCUT2D eigenvalue weighted by Gasteiger charge is -2.15. The predicted octanol–water partition coefficient (Wildman–Crippen LogP) is 10.9. The Morgan fingerprint density at radius 2 is 1.49 bits per heavy atom. The van der Waals surface area contributed by atoms with Crippen molar-refractivity contribution in [1.29, 1.82) is 0 Å². The van der Waals surface area contributed by atoms with Gasteiger partial charge in [-0.1, -0.05) is 120 Å². The molecule has 4 nitrogen and oxygen atoms in total. The van der Waals surface area contributed by atoms with E-state index in [-0.39, 0.29) is 29.3 Å². The highest BCUT2D eigenvalue weighted by molar-refractivity contribution is 8.93. The number of amides is 1. The summed E-state index contributed by atoms with van der Waals surface area (Å²) in [6.07, 6.45) is 21.2. The Labute approximate surface area is 268 Å². The lowest BCUT2D eigenvalue weighted by atomic mass is 10.0. The molecule has 2 aromatic rings. The molecule has 1 aliphatic rings. The Bertz CT molecular complexity index is 1020. The largest absolute Gasteiger partial charge is 0.494 e. The molecule has 1 N–H and O–H groups in total. The Balaban J connectivity index is 0.00000588. The molecule has 0 bridgehead atoms. The van der Waals surface area contributed by atoms with Gasteiger partial charge < -0.3 is 15.0 Å². The maximum atomic E-state index is 12.6. The molecule has 41 heavy (non-hydrogen) atoms. The molecule has 3 rings (SSSR count). The standard InChI is InChI=1S/C34H49ClN2O2S.BrH/c1-2-3-4-5-6-7-8-9-10-11-12-13-14-15-23-39-32-21-18-30(33(35)26-32)25-34(38)36-31-19-16-29(17-20-31)27-37-22-24-40-28-37;/h16-22,24,26H,2-15,23,25,27-28H2,1H3,(H,36,38);1H. The van der Waals surface area contributed by atoms with Gasteiger partial charge in [0.1, 0.15) is 5.75 Å². The summed E-state index contributed by atoms with van der Waals surface area (Å²) >= 11 is 8.27. The average molecular weight is 666 g/mol. The highest BCUT2D eigenvalue weighted by Crippen LogP contribution is 2.24. The summed E-state index contributed by atoms with van der Waals surface area (Å²) in [5.74, 6) is 1.68. The van der Waals surface area contributed by atoms with Crippen LogP contribution in [0.15, 0.2) is 54.1 Å². The second-order valence-corrected chi connectivity index (χ2v) is 12.2. The first-order valence-electron chi connectivity index (χ1n) is 15.5. The fraction of sp³-hybridized carbons (Fsp3) is 0.559.